The minimum absolute atomic E-state index is 0.234. The number of nitrogens with zero attached hydrogens (tertiary/aromatic N) is 2. The third-order valence-electron chi connectivity index (χ3n) is 2.30. The zero-order valence-corrected chi connectivity index (χ0v) is 12.6. The molecule has 20 heavy (non-hydrogen) atoms. The van der Waals surface area contributed by atoms with Gasteiger partial charge in [-0.3, -0.25) is 0 Å². The van der Waals surface area contributed by atoms with E-state index < -0.39 is 11.6 Å². The number of hydrogen-bond donors (Lipinski definition) is 3. The first-order valence-electron chi connectivity index (χ1n) is 5.34. The van der Waals surface area contributed by atoms with E-state index in [9.17, 15) is 8.78 Å². The second kappa shape index (κ2) is 6.33. The highest BCUT2D eigenvalue weighted by Gasteiger charge is 2.12. The predicted octanol–water partition coefficient (Wildman–Crippen LogP) is 3.27. The molecule has 1 heterocycles. The summed E-state index contributed by atoms with van der Waals surface area (Å²) in [6.07, 6.45) is 1.78. The summed E-state index contributed by atoms with van der Waals surface area (Å²) in [6, 6.07) is 3.76. The fraction of sp³-hybridized carbons (Fsp3) is 0.0909. The summed E-state index contributed by atoms with van der Waals surface area (Å²) in [5.74, 6) is 4.39. The van der Waals surface area contributed by atoms with E-state index in [2.05, 4.69) is 36.6 Å². The van der Waals surface area contributed by atoms with Crippen molar-refractivity contribution in [3.63, 3.8) is 0 Å². The van der Waals surface area contributed by atoms with Crippen molar-refractivity contribution in [2.24, 2.45) is 5.84 Å². The number of benzene rings is 1. The Kier molecular flexibility index (Phi) is 4.73. The lowest BCUT2D eigenvalue weighted by molar-refractivity contribution is 0.589. The molecule has 5 nitrogen and oxygen atoms in total. The van der Waals surface area contributed by atoms with Crippen LogP contribution in [0.3, 0.4) is 0 Å². The Morgan fingerprint density at radius 1 is 1.15 bits per heavy atom. The fourth-order valence-electron chi connectivity index (χ4n) is 1.44. The van der Waals surface area contributed by atoms with Crippen LogP contribution in [0.4, 0.5) is 26.1 Å². The van der Waals surface area contributed by atoms with Crippen molar-refractivity contribution >= 4 is 45.0 Å². The van der Waals surface area contributed by atoms with Crippen LogP contribution >= 0.6 is 27.7 Å². The summed E-state index contributed by atoms with van der Waals surface area (Å²) in [4.78, 5) is 8.15. The molecule has 0 amide bonds. The molecule has 2 aromatic rings. The molecule has 9 heteroatoms. The summed E-state index contributed by atoms with van der Waals surface area (Å²) in [6.45, 7) is 0. The molecule has 106 valence electrons. The van der Waals surface area contributed by atoms with E-state index >= 15 is 0 Å². The van der Waals surface area contributed by atoms with Crippen LogP contribution in [0.15, 0.2) is 27.8 Å². The van der Waals surface area contributed by atoms with Gasteiger partial charge in [0, 0.05) is 10.5 Å². The lowest BCUT2D eigenvalue weighted by Gasteiger charge is -2.10. The Morgan fingerprint density at radius 2 is 1.75 bits per heavy atom. The monoisotopic (exact) mass is 361 g/mol. The quantitative estimate of drug-likeness (QED) is 0.336. The summed E-state index contributed by atoms with van der Waals surface area (Å²) in [7, 11) is 0. The first-order chi connectivity index (χ1) is 9.53. The average molecular weight is 362 g/mol. The van der Waals surface area contributed by atoms with Crippen LogP contribution in [-0.4, -0.2) is 16.2 Å². The topological polar surface area (TPSA) is 75.9 Å². The van der Waals surface area contributed by atoms with E-state index in [0.717, 1.165) is 12.1 Å². The zero-order chi connectivity index (χ0) is 14.7. The molecule has 0 radical (unpaired) electrons. The van der Waals surface area contributed by atoms with Gasteiger partial charge < -0.3 is 10.7 Å². The number of nitrogen functional groups attached to an aromatic ring is 1. The van der Waals surface area contributed by atoms with Crippen LogP contribution in [0.1, 0.15) is 0 Å². The van der Waals surface area contributed by atoms with Gasteiger partial charge in [-0.15, -0.1) is 0 Å². The predicted molar refractivity (Wildman–Crippen MR) is 79.0 cm³/mol. The van der Waals surface area contributed by atoms with Gasteiger partial charge in [-0.1, -0.05) is 27.7 Å². The number of halogens is 3. The molecule has 0 bridgehead atoms. The lowest BCUT2D eigenvalue weighted by atomic mass is 10.3. The molecule has 0 fully saturated rings. The van der Waals surface area contributed by atoms with Crippen molar-refractivity contribution in [2.75, 3.05) is 17.0 Å². The Bertz CT molecular complexity index is 595. The number of nitrogens with one attached hydrogen (secondary N) is 2. The zero-order valence-electron chi connectivity index (χ0n) is 10.2. The minimum Gasteiger partial charge on any atom is -0.335 e. The molecule has 0 unspecified atom stereocenters. The van der Waals surface area contributed by atoms with Gasteiger partial charge in [-0.2, -0.15) is 0 Å². The molecule has 1 aromatic carbocycles. The van der Waals surface area contributed by atoms with Crippen molar-refractivity contribution in [1.29, 1.82) is 0 Å². The largest absolute Gasteiger partial charge is 0.335 e. The maximum absolute atomic E-state index is 13.7. The smallest absolute Gasteiger partial charge is 0.191 e. The van der Waals surface area contributed by atoms with Crippen molar-refractivity contribution in [2.45, 2.75) is 5.16 Å². The third-order valence-corrected chi connectivity index (χ3v) is 3.30. The molecule has 0 aliphatic rings. The van der Waals surface area contributed by atoms with Crippen LogP contribution in [0.2, 0.25) is 0 Å². The highest BCUT2D eigenvalue weighted by molar-refractivity contribution is 9.10. The van der Waals surface area contributed by atoms with E-state index in [4.69, 9.17) is 5.84 Å². The van der Waals surface area contributed by atoms with Gasteiger partial charge in [0.25, 0.3) is 0 Å². The van der Waals surface area contributed by atoms with E-state index in [-0.39, 0.29) is 11.5 Å². The second-order valence-corrected chi connectivity index (χ2v) is 5.33. The Labute approximate surface area is 126 Å². The van der Waals surface area contributed by atoms with Gasteiger partial charge in [-0.05, 0) is 18.4 Å². The summed E-state index contributed by atoms with van der Waals surface area (Å²) in [5, 5.41) is 3.00. The Hall–Kier alpha value is -1.45. The second-order valence-electron chi connectivity index (χ2n) is 3.64. The molecule has 2 rings (SSSR count). The van der Waals surface area contributed by atoms with Gasteiger partial charge in [0.05, 0.1) is 0 Å². The van der Waals surface area contributed by atoms with Gasteiger partial charge in [0.2, 0.25) is 0 Å². The Balaban J connectivity index is 2.39. The third kappa shape index (κ3) is 3.35. The number of aromatic nitrogens is 2. The first kappa shape index (κ1) is 14.9. The van der Waals surface area contributed by atoms with Crippen LogP contribution in [0.25, 0.3) is 0 Å². The number of thioether (sulfide) groups is 1. The molecule has 0 saturated carbocycles. The maximum atomic E-state index is 13.7. The van der Waals surface area contributed by atoms with Gasteiger partial charge in [-0.25, -0.2) is 24.6 Å². The average Bonchev–Trinajstić information content (AvgIpc) is 2.42. The first-order valence-corrected chi connectivity index (χ1v) is 7.36. The molecule has 0 aliphatic heterocycles. The highest BCUT2D eigenvalue weighted by Crippen LogP contribution is 2.27. The highest BCUT2D eigenvalue weighted by atomic mass is 79.9. The molecule has 1 aromatic heterocycles. The van der Waals surface area contributed by atoms with Crippen LogP contribution in [0.5, 0.6) is 0 Å². The number of rotatable bonds is 4. The van der Waals surface area contributed by atoms with Crippen molar-refractivity contribution in [1.82, 2.24) is 9.97 Å². The molecular formula is C11H10BrF2N5S. The summed E-state index contributed by atoms with van der Waals surface area (Å²) >= 11 is 4.30. The van der Waals surface area contributed by atoms with Crippen molar-refractivity contribution in [3.05, 3.63) is 34.3 Å². The van der Waals surface area contributed by atoms with Gasteiger partial charge >= 0.3 is 0 Å². The normalized spacial score (nSPS) is 10.4. The van der Waals surface area contributed by atoms with E-state index in [1.165, 1.54) is 17.8 Å². The summed E-state index contributed by atoms with van der Waals surface area (Å²) < 4.78 is 27.8. The van der Waals surface area contributed by atoms with E-state index in [1.807, 2.05) is 0 Å². The van der Waals surface area contributed by atoms with Gasteiger partial charge in [0.1, 0.15) is 17.3 Å². The Morgan fingerprint density at radius 3 is 2.30 bits per heavy atom. The molecule has 0 atom stereocenters. The number of anilines is 3. The number of hydrazine groups is 1. The minimum atomic E-state index is -0.733. The fourth-order valence-corrected chi connectivity index (χ4v) is 2.23. The standard InChI is InChI=1S/C11H10BrF2N5S/c1-20-11-17-8(4-9(18-11)19-15)16-10-6(13)2-5(12)3-7(10)14/h2-4H,15H2,1H3,(H2,16,17,18,19). The molecule has 0 saturated heterocycles. The molecule has 0 aliphatic carbocycles. The van der Waals surface area contributed by atoms with E-state index in [0.29, 0.717) is 15.4 Å². The van der Waals surface area contributed by atoms with Gasteiger partial charge in [0.15, 0.2) is 16.8 Å². The maximum Gasteiger partial charge on any atom is 0.191 e. The van der Waals surface area contributed by atoms with Crippen LogP contribution < -0.4 is 16.6 Å². The van der Waals surface area contributed by atoms with Crippen molar-refractivity contribution < 1.29 is 8.78 Å². The molecular weight excluding hydrogens is 352 g/mol. The lowest BCUT2D eigenvalue weighted by Crippen LogP contribution is -2.10. The number of hydrogen-bond acceptors (Lipinski definition) is 6. The van der Waals surface area contributed by atoms with Crippen LogP contribution in [0, 0.1) is 11.6 Å². The molecule has 0 spiro atoms. The number of nitrogens with two attached hydrogens (primary N) is 1. The SMILES string of the molecule is CSc1nc(NN)cc(Nc2c(F)cc(Br)cc2F)n1. The van der Waals surface area contributed by atoms with E-state index in [1.54, 1.807) is 6.26 Å². The van der Waals surface area contributed by atoms with Crippen molar-refractivity contribution in [3.8, 4) is 0 Å². The molecule has 4 N–H and O–H groups in total. The summed E-state index contributed by atoms with van der Waals surface area (Å²) in [5.41, 5.74) is 2.08. The van der Waals surface area contributed by atoms with Crippen LogP contribution in [-0.2, 0) is 0 Å².